The van der Waals surface area contributed by atoms with Gasteiger partial charge in [-0.25, -0.2) is 4.79 Å². The molecular weight excluding hydrogens is 200 g/mol. The second kappa shape index (κ2) is 4.59. The van der Waals surface area contributed by atoms with Gasteiger partial charge in [0.25, 0.3) is 0 Å². The molecule has 1 atom stereocenters. The molecule has 1 heterocycles. The van der Waals surface area contributed by atoms with Gasteiger partial charge in [-0.1, -0.05) is 0 Å². The predicted octanol–water partition coefficient (Wildman–Crippen LogP) is -1.03. The summed E-state index contributed by atoms with van der Waals surface area (Å²) in [7, 11) is 0. The van der Waals surface area contributed by atoms with Crippen LogP contribution in [0.15, 0.2) is 12.2 Å². The Hall–Kier alpha value is -1.85. The molecule has 1 aliphatic rings. The fraction of sp³-hybridized carbons (Fsp3) is 0.444. The molecular formula is C9H12N2O4. The number of nitrogens with zero attached hydrogens (tertiary/aromatic N) is 1. The first-order valence-electron chi connectivity index (χ1n) is 4.51. The molecule has 1 aliphatic heterocycles. The van der Waals surface area contributed by atoms with Crippen LogP contribution in [0, 0.1) is 0 Å². The molecule has 6 heteroatoms. The Morgan fingerprint density at radius 3 is 2.80 bits per heavy atom. The summed E-state index contributed by atoms with van der Waals surface area (Å²) >= 11 is 0. The molecule has 0 aromatic rings. The third-order valence-corrected chi connectivity index (χ3v) is 2.15. The number of carbonyl (C=O) groups is 3. The summed E-state index contributed by atoms with van der Waals surface area (Å²) in [5.74, 6) is -1.87. The first-order valence-corrected chi connectivity index (χ1v) is 4.51. The number of amides is 2. The molecule has 82 valence electrons. The van der Waals surface area contributed by atoms with E-state index >= 15 is 0 Å². The highest BCUT2D eigenvalue weighted by atomic mass is 16.4. The highest BCUT2D eigenvalue weighted by Gasteiger charge is 2.27. The Morgan fingerprint density at radius 1 is 1.53 bits per heavy atom. The van der Waals surface area contributed by atoms with Gasteiger partial charge in [0.2, 0.25) is 11.8 Å². The zero-order valence-corrected chi connectivity index (χ0v) is 8.27. The van der Waals surface area contributed by atoms with Gasteiger partial charge in [0.1, 0.15) is 6.04 Å². The van der Waals surface area contributed by atoms with E-state index in [2.05, 4.69) is 5.32 Å². The first-order chi connectivity index (χ1) is 7.02. The van der Waals surface area contributed by atoms with Crippen LogP contribution >= 0.6 is 0 Å². The number of carbonyl (C=O) groups excluding carboxylic acids is 2. The lowest BCUT2D eigenvalue weighted by atomic mass is 10.2. The van der Waals surface area contributed by atoms with Crippen molar-refractivity contribution in [3.05, 3.63) is 12.2 Å². The van der Waals surface area contributed by atoms with Crippen LogP contribution in [0.5, 0.6) is 0 Å². The number of rotatable bonds is 2. The molecule has 0 bridgehead atoms. The van der Waals surface area contributed by atoms with E-state index in [4.69, 9.17) is 5.11 Å². The molecule has 0 saturated carbocycles. The van der Waals surface area contributed by atoms with Crippen LogP contribution in [0.25, 0.3) is 0 Å². The molecule has 0 aromatic carbocycles. The van der Waals surface area contributed by atoms with Crippen molar-refractivity contribution in [2.24, 2.45) is 0 Å². The molecule has 0 radical (unpaired) electrons. The number of aliphatic carboxylic acids is 1. The van der Waals surface area contributed by atoms with Gasteiger partial charge in [-0.2, -0.15) is 0 Å². The summed E-state index contributed by atoms with van der Waals surface area (Å²) < 4.78 is 0. The maximum Gasteiger partial charge on any atom is 0.328 e. The van der Waals surface area contributed by atoms with Crippen molar-refractivity contribution >= 4 is 17.8 Å². The Balaban J connectivity index is 2.66. The van der Waals surface area contributed by atoms with Gasteiger partial charge in [-0.3, -0.25) is 9.59 Å². The minimum Gasteiger partial charge on any atom is -0.478 e. The van der Waals surface area contributed by atoms with E-state index in [0.717, 1.165) is 12.2 Å². The quantitative estimate of drug-likeness (QED) is 0.573. The maximum atomic E-state index is 11.5. The number of carboxylic acids is 1. The van der Waals surface area contributed by atoms with Crippen LogP contribution in [-0.2, 0) is 14.4 Å². The van der Waals surface area contributed by atoms with Gasteiger partial charge in [0, 0.05) is 25.2 Å². The average molecular weight is 212 g/mol. The monoisotopic (exact) mass is 212 g/mol. The summed E-state index contributed by atoms with van der Waals surface area (Å²) in [6.07, 6.45) is 1.72. The largest absolute Gasteiger partial charge is 0.478 e. The molecule has 0 aliphatic carbocycles. The molecule has 1 rings (SSSR count). The van der Waals surface area contributed by atoms with Gasteiger partial charge in [-0.05, 0) is 6.92 Å². The van der Waals surface area contributed by atoms with Crippen LogP contribution in [0.1, 0.15) is 6.92 Å². The van der Waals surface area contributed by atoms with Crippen molar-refractivity contribution in [2.45, 2.75) is 13.0 Å². The molecule has 1 saturated heterocycles. The molecule has 2 amide bonds. The molecule has 6 nitrogen and oxygen atoms in total. The summed E-state index contributed by atoms with van der Waals surface area (Å²) in [5.41, 5.74) is 0. The normalized spacial score (nSPS) is 21.5. The molecule has 0 aromatic heterocycles. The fourth-order valence-electron chi connectivity index (χ4n) is 1.32. The summed E-state index contributed by atoms with van der Waals surface area (Å²) in [4.78, 5) is 34.2. The first kappa shape index (κ1) is 11.2. The van der Waals surface area contributed by atoms with Gasteiger partial charge in [-0.15, -0.1) is 0 Å². The molecule has 1 unspecified atom stereocenters. The van der Waals surface area contributed by atoms with Crippen molar-refractivity contribution < 1.29 is 19.5 Å². The van der Waals surface area contributed by atoms with Crippen LogP contribution in [0.3, 0.4) is 0 Å². The van der Waals surface area contributed by atoms with Crippen molar-refractivity contribution in [2.75, 3.05) is 13.1 Å². The van der Waals surface area contributed by atoms with Crippen LogP contribution in [0.4, 0.5) is 0 Å². The lowest BCUT2D eigenvalue weighted by molar-refractivity contribution is -0.139. The SMILES string of the molecule is CC1C(=O)NCCN1C(=O)/C=C\C(=O)O. The summed E-state index contributed by atoms with van der Waals surface area (Å²) in [5, 5.41) is 11.0. The Kier molecular flexibility index (Phi) is 3.43. The lowest BCUT2D eigenvalue weighted by Gasteiger charge is -2.31. The minimum atomic E-state index is -1.18. The molecule has 1 fully saturated rings. The number of hydrogen-bond donors (Lipinski definition) is 2. The van der Waals surface area contributed by atoms with Crippen LogP contribution in [0.2, 0.25) is 0 Å². The Morgan fingerprint density at radius 2 is 2.20 bits per heavy atom. The summed E-state index contributed by atoms with van der Waals surface area (Å²) in [6.45, 7) is 2.40. The number of hydrogen-bond acceptors (Lipinski definition) is 3. The topological polar surface area (TPSA) is 86.7 Å². The molecule has 0 spiro atoms. The van der Waals surface area contributed by atoms with E-state index in [-0.39, 0.29) is 5.91 Å². The highest BCUT2D eigenvalue weighted by Crippen LogP contribution is 2.04. The van der Waals surface area contributed by atoms with E-state index in [1.165, 1.54) is 4.90 Å². The number of piperazine rings is 1. The zero-order valence-electron chi connectivity index (χ0n) is 8.27. The molecule has 15 heavy (non-hydrogen) atoms. The Bertz CT molecular complexity index is 324. The Labute approximate surface area is 86.6 Å². The lowest BCUT2D eigenvalue weighted by Crippen LogP contribution is -2.55. The van der Waals surface area contributed by atoms with Gasteiger partial charge < -0.3 is 15.3 Å². The second-order valence-electron chi connectivity index (χ2n) is 3.17. The maximum absolute atomic E-state index is 11.5. The number of carboxylic acid groups (broad SMARTS) is 1. The average Bonchev–Trinajstić information content (AvgIpc) is 2.18. The second-order valence-corrected chi connectivity index (χ2v) is 3.17. The third kappa shape index (κ3) is 2.80. The van der Waals surface area contributed by atoms with E-state index in [1.807, 2.05) is 0 Å². The minimum absolute atomic E-state index is 0.224. The van der Waals surface area contributed by atoms with Crippen molar-refractivity contribution in [3.63, 3.8) is 0 Å². The van der Waals surface area contributed by atoms with Crippen LogP contribution in [-0.4, -0.2) is 46.9 Å². The van der Waals surface area contributed by atoms with Gasteiger partial charge >= 0.3 is 5.97 Å². The number of nitrogens with one attached hydrogen (secondary N) is 1. The van der Waals surface area contributed by atoms with E-state index < -0.39 is 17.9 Å². The van der Waals surface area contributed by atoms with Crippen molar-refractivity contribution in [1.29, 1.82) is 0 Å². The van der Waals surface area contributed by atoms with Gasteiger partial charge in [0.05, 0.1) is 0 Å². The van der Waals surface area contributed by atoms with E-state index in [1.54, 1.807) is 6.92 Å². The van der Waals surface area contributed by atoms with E-state index in [0.29, 0.717) is 13.1 Å². The highest BCUT2D eigenvalue weighted by molar-refractivity contribution is 5.97. The fourth-order valence-corrected chi connectivity index (χ4v) is 1.32. The zero-order chi connectivity index (χ0) is 11.4. The van der Waals surface area contributed by atoms with Crippen LogP contribution < -0.4 is 5.32 Å². The smallest absolute Gasteiger partial charge is 0.328 e. The third-order valence-electron chi connectivity index (χ3n) is 2.15. The van der Waals surface area contributed by atoms with Crippen molar-refractivity contribution in [3.8, 4) is 0 Å². The molecule has 2 N–H and O–H groups in total. The summed E-state index contributed by atoms with van der Waals surface area (Å²) in [6, 6.07) is -0.551. The predicted molar refractivity (Wildman–Crippen MR) is 51.0 cm³/mol. The van der Waals surface area contributed by atoms with E-state index in [9.17, 15) is 14.4 Å². The standard InChI is InChI=1S/C9H12N2O4/c1-6-9(15)10-4-5-11(6)7(12)2-3-8(13)14/h2-3,6H,4-5H2,1H3,(H,10,15)(H,13,14)/b3-2-. The van der Waals surface area contributed by atoms with Gasteiger partial charge in [0.15, 0.2) is 0 Å². The van der Waals surface area contributed by atoms with Crippen molar-refractivity contribution in [1.82, 2.24) is 10.2 Å².